The maximum atomic E-state index is 12.2. The molecule has 0 radical (unpaired) electrons. The third kappa shape index (κ3) is 22.1. The van der Waals surface area contributed by atoms with Gasteiger partial charge in [-0.25, -0.2) is 4.79 Å². The van der Waals surface area contributed by atoms with Crippen LogP contribution in [0.2, 0.25) is 0 Å². The van der Waals surface area contributed by atoms with E-state index < -0.39 is 6.09 Å². The second kappa shape index (κ2) is 26.3. The zero-order chi connectivity index (χ0) is 29.1. The second-order valence-electron chi connectivity index (χ2n) is 8.16. The number of nitrogens with one attached hydrogen (secondary N) is 3. The van der Waals surface area contributed by atoms with Gasteiger partial charge in [0.25, 0.3) is 0 Å². The van der Waals surface area contributed by atoms with Crippen molar-refractivity contribution in [3.8, 4) is 11.8 Å². The number of hydrogen-bond acceptors (Lipinski definition) is 11. The highest BCUT2D eigenvalue weighted by atomic mass is 33.1. The Balaban J connectivity index is 2.02. The van der Waals surface area contributed by atoms with E-state index in [1.165, 1.54) is 0 Å². The molecule has 10 nitrogen and oxygen atoms in total. The first kappa shape index (κ1) is 36.4. The van der Waals surface area contributed by atoms with Crippen molar-refractivity contribution >= 4 is 46.4 Å². The number of carbonyl (C=O) groups excluding carboxylic acids is 2. The third-order valence-electron chi connectivity index (χ3n) is 4.86. The maximum absolute atomic E-state index is 12.2. The zero-order valence-electron chi connectivity index (χ0n) is 23.4. The Morgan fingerprint density at radius 1 is 0.900 bits per heavy atom. The van der Waals surface area contributed by atoms with Crippen LogP contribution in [0.4, 0.5) is 4.79 Å². The minimum absolute atomic E-state index is 0.0147. The van der Waals surface area contributed by atoms with Crippen molar-refractivity contribution in [2.75, 3.05) is 72.5 Å². The molecule has 0 heterocycles. The van der Waals surface area contributed by atoms with E-state index in [2.05, 4.69) is 40.0 Å². The molecule has 0 fully saturated rings. The average Bonchev–Trinajstić information content (AvgIpc) is 2.95. The fraction of sp³-hybridized carbons (Fsp3) is 0.630. The number of amides is 2. The molecular weight excluding hydrogens is 575 g/mol. The van der Waals surface area contributed by atoms with Gasteiger partial charge in [-0.2, -0.15) is 0 Å². The van der Waals surface area contributed by atoms with Gasteiger partial charge in [0, 0.05) is 24.6 Å². The topological polar surface area (TPSA) is 116 Å². The first-order chi connectivity index (χ1) is 19.5. The lowest BCUT2D eigenvalue weighted by Gasteiger charge is -2.12. The molecule has 1 atom stereocenters. The van der Waals surface area contributed by atoms with Gasteiger partial charge in [0.2, 0.25) is 5.91 Å². The van der Waals surface area contributed by atoms with Crippen LogP contribution in [0.25, 0.3) is 0 Å². The number of alkyl carbamates (subject to hydrolysis) is 1. The Labute approximate surface area is 252 Å². The molecule has 2 amide bonds. The summed E-state index contributed by atoms with van der Waals surface area (Å²) in [4.78, 5) is 24.7. The monoisotopic (exact) mass is 617 g/mol. The molecule has 1 aromatic rings. The molecule has 0 aliphatic carbocycles. The Hall–Kier alpha value is -1.63. The molecule has 1 unspecified atom stereocenters. The molecule has 0 spiro atoms. The summed E-state index contributed by atoms with van der Waals surface area (Å²) in [6.07, 6.45) is 1.41. The van der Waals surface area contributed by atoms with E-state index in [9.17, 15) is 9.59 Å². The summed E-state index contributed by atoms with van der Waals surface area (Å²) in [5, 5.41) is 5.43. The van der Waals surface area contributed by atoms with Crippen molar-refractivity contribution in [3.63, 3.8) is 0 Å². The largest absolute Gasteiger partial charge is 0.450 e. The molecule has 3 N–H and O–H groups in total. The van der Waals surface area contributed by atoms with Crippen molar-refractivity contribution in [2.45, 2.75) is 43.4 Å². The van der Waals surface area contributed by atoms with Gasteiger partial charge in [-0.3, -0.25) is 9.52 Å². The minimum atomic E-state index is -0.449. The van der Waals surface area contributed by atoms with E-state index in [-0.39, 0.29) is 11.3 Å². The number of thiol groups is 1. The normalized spacial score (nSPS) is 11.4. The van der Waals surface area contributed by atoms with E-state index in [0.717, 1.165) is 23.3 Å². The predicted octanol–water partition coefficient (Wildman–Crippen LogP) is 3.46. The Bertz CT molecular complexity index is 854. The van der Waals surface area contributed by atoms with Crippen LogP contribution >= 0.6 is 34.4 Å². The van der Waals surface area contributed by atoms with Gasteiger partial charge in [-0.15, -0.1) is 5.92 Å². The summed E-state index contributed by atoms with van der Waals surface area (Å²) in [7, 11) is 3.26. The number of hydrogen-bond donors (Lipinski definition) is 4. The van der Waals surface area contributed by atoms with E-state index in [0.29, 0.717) is 78.9 Å². The average molecular weight is 618 g/mol. The van der Waals surface area contributed by atoms with Crippen molar-refractivity contribution < 1.29 is 33.3 Å². The Kier molecular flexibility index (Phi) is 23.9. The molecule has 0 aromatic heterocycles. The van der Waals surface area contributed by atoms with Crippen LogP contribution in [-0.4, -0.2) is 89.9 Å². The van der Waals surface area contributed by atoms with Crippen LogP contribution in [-0.2, 0) is 34.9 Å². The van der Waals surface area contributed by atoms with Crippen molar-refractivity contribution in [2.24, 2.45) is 0 Å². The molecule has 0 aliphatic rings. The van der Waals surface area contributed by atoms with Gasteiger partial charge in [0.15, 0.2) is 0 Å². The number of rotatable bonds is 24. The Morgan fingerprint density at radius 2 is 1.55 bits per heavy atom. The van der Waals surface area contributed by atoms with Gasteiger partial charge in [-0.05, 0) is 44.4 Å². The molecule has 0 saturated carbocycles. The smallest absolute Gasteiger partial charge is 0.407 e. The lowest BCUT2D eigenvalue weighted by atomic mass is 10.1. The highest BCUT2D eigenvalue weighted by Crippen LogP contribution is 2.34. The number of carbonyl (C=O) groups is 2. The summed E-state index contributed by atoms with van der Waals surface area (Å²) < 4.78 is 29.8. The summed E-state index contributed by atoms with van der Waals surface area (Å²) >= 11 is 3.88. The lowest BCUT2D eigenvalue weighted by Crippen LogP contribution is -2.29. The summed E-state index contributed by atoms with van der Waals surface area (Å²) in [6, 6.07) is 7.94. The molecule has 0 saturated heterocycles. The second-order valence-corrected chi connectivity index (χ2v) is 11.0. The number of ether oxygens (including phenoxy) is 5. The maximum Gasteiger partial charge on any atom is 0.407 e. The van der Waals surface area contributed by atoms with E-state index in [1.807, 2.05) is 31.2 Å². The van der Waals surface area contributed by atoms with Crippen LogP contribution in [0.3, 0.4) is 0 Å². The van der Waals surface area contributed by atoms with Crippen LogP contribution in [0.5, 0.6) is 0 Å². The first-order valence-electron chi connectivity index (χ1n) is 13.3. The zero-order valence-corrected chi connectivity index (χ0v) is 25.9. The van der Waals surface area contributed by atoms with Crippen LogP contribution in [0.15, 0.2) is 29.2 Å². The van der Waals surface area contributed by atoms with Crippen molar-refractivity contribution in [1.82, 2.24) is 15.4 Å². The minimum Gasteiger partial charge on any atom is -0.450 e. The van der Waals surface area contributed by atoms with Gasteiger partial charge >= 0.3 is 6.09 Å². The van der Waals surface area contributed by atoms with E-state index in [1.54, 1.807) is 28.5 Å². The van der Waals surface area contributed by atoms with Gasteiger partial charge in [-0.1, -0.05) is 52.5 Å². The highest BCUT2D eigenvalue weighted by molar-refractivity contribution is 8.76. The number of unbranched alkanes of at least 4 members (excludes halogenated alkanes) is 1. The van der Waals surface area contributed by atoms with Crippen LogP contribution in [0, 0.1) is 11.8 Å². The highest BCUT2D eigenvalue weighted by Gasteiger charge is 2.07. The van der Waals surface area contributed by atoms with Crippen molar-refractivity contribution in [3.05, 3.63) is 29.8 Å². The predicted molar refractivity (Wildman–Crippen MR) is 163 cm³/mol. The Morgan fingerprint density at radius 3 is 2.23 bits per heavy atom. The molecular formula is C27H43N3O7S3. The molecule has 226 valence electrons. The molecule has 0 bridgehead atoms. The molecule has 1 aromatic carbocycles. The molecule has 1 rings (SSSR count). The lowest BCUT2D eigenvalue weighted by molar-refractivity contribution is -0.120. The fourth-order valence-corrected chi connectivity index (χ4v) is 4.83. The van der Waals surface area contributed by atoms with Gasteiger partial charge in [0.05, 0.1) is 59.2 Å². The molecule has 0 aliphatic heterocycles. The third-order valence-corrected chi connectivity index (χ3v) is 7.73. The van der Waals surface area contributed by atoms with E-state index in [4.69, 9.17) is 23.7 Å². The summed E-state index contributed by atoms with van der Waals surface area (Å²) in [5.74, 6) is 5.40. The van der Waals surface area contributed by atoms with Crippen molar-refractivity contribution in [1.29, 1.82) is 0 Å². The fourth-order valence-electron chi connectivity index (χ4n) is 2.86. The van der Waals surface area contributed by atoms with E-state index >= 15 is 0 Å². The SMILES string of the molecule is CC#CCNC(=O)OCCCCOC(C)SSc1ccc(CC(=O)NCCOCCOCCOCCNS)cc1. The summed E-state index contributed by atoms with van der Waals surface area (Å²) in [5.41, 5.74) is 0.966. The molecule has 40 heavy (non-hydrogen) atoms. The molecule has 13 heteroatoms. The van der Waals surface area contributed by atoms with Gasteiger partial charge in [0.1, 0.15) is 5.44 Å². The van der Waals surface area contributed by atoms with Crippen LogP contribution < -0.4 is 15.4 Å². The van der Waals surface area contributed by atoms with Crippen LogP contribution in [0.1, 0.15) is 32.3 Å². The first-order valence-corrected chi connectivity index (χ1v) is 15.9. The van der Waals surface area contributed by atoms with Gasteiger partial charge < -0.3 is 34.3 Å². The number of benzene rings is 1. The standard InChI is InChI=1S/C27H43N3O7S3/c1-3-4-11-29-27(32)37-15-6-5-14-36-23(2)39-40-25-9-7-24(8-10-25)22-26(31)28-12-16-33-18-20-35-21-19-34-17-13-30-38/h7-10,23,30,38H,5-6,11-22H2,1-2H3,(H,28,31)(H,29,32). The quantitative estimate of drug-likeness (QED) is 0.0452. The summed E-state index contributed by atoms with van der Waals surface area (Å²) in [6.45, 7) is 9.17.